The number of nitrogens with zero attached hydrogens (tertiary/aromatic N) is 3. The Morgan fingerprint density at radius 3 is 2.46 bits per heavy atom. The topological polar surface area (TPSA) is 69.7 Å². The molecule has 0 unspecified atom stereocenters. The largest absolute Gasteiger partial charge is 0.433 e. The summed E-state index contributed by atoms with van der Waals surface area (Å²) in [6.45, 7) is 0. The smallest absolute Gasteiger partial charge is 0.393 e. The summed E-state index contributed by atoms with van der Waals surface area (Å²) in [5, 5.41) is 13.0. The SMILES string of the molecule is O=[N+]([O-])c1c(Oc2ccc(-c3ccccc3)cc2)nc2sccn12. The Balaban J connectivity index is 1.65. The molecule has 24 heavy (non-hydrogen) atoms. The molecule has 0 fully saturated rings. The van der Waals surface area contributed by atoms with Crippen molar-refractivity contribution in [1.82, 2.24) is 9.38 Å². The van der Waals surface area contributed by atoms with Gasteiger partial charge in [0.05, 0.1) is 0 Å². The van der Waals surface area contributed by atoms with Crippen LogP contribution in [0.4, 0.5) is 5.82 Å². The van der Waals surface area contributed by atoms with Gasteiger partial charge < -0.3 is 14.9 Å². The van der Waals surface area contributed by atoms with Gasteiger partial charge in [0, 0.05) is 5.38 Å². The maximum atomic E-state index is 11.3. The van der Waals surface area contributed by atoms with E-state index in [1.165, 1.54) is 15.7 Å². The summed E-state index contributed by atoms with van der Waals surface area (Å²) in [4.78, 5) is 15.5. The van der Waals surface area contributed by atoms with Crippen molar-refractivity contribution in [3.05, 3.63) is 76.3 Å². The van der Waals surface area contributed by atoms with Crippen LogP contribution in [0.3, 0.4) is 0 Å². The quantitative estimate of drug-likeness (QED) is 0.397. The number of rotatable bonds is 4. The van der Waals surface area contributed by atoms with E-state index in [0.29, 0.717) is 10.7 Å². The van der Waals surface area contributed by atoms with Gasteiger partial charge in [0.2, 0.25) is 0 Å². The summed E-state index contributed by atoms with van der Waals surface area (Å²) in [6, 6.07) is 17.3. The Labute approximate surface area is 140 Å². The van der Waals surface area contributed by atoms with Crippen molar-refractivity contribution in [2.24, 2.45) is 0 Å². The zero-order valence-electron chi connectivity index (χ0n) is 12.3. The highest BCUT2D eigenvalue weighted by Crippen LogP contribution is 2.34. The molecule has 2 heterocycles. The van der Waals surface area contributed by atoms with Crippen molar-refractivity contribution in [1.29, 1.82) is 0 Å². The van der Waals surface area contributed by atoms with Gasteiger partial charge in [0.25, 0.3) is 4.96 Å². The number of thiazole rings is 1. The zero-order chi connectivity index (χ0) is 16.5. The van der Waals surface area contributed by atoms with E-state index in [0.717, 1.165) is 11.1 Å². The van der Waals surface area contributed by atoms with E-state index in [1.54, 1.807) is 23.7 Å². The fourth-order valence-electron chi connectivity index (χ4n) is 2.45. The zero-order valence-corrected chi connectivity index (χ0v) is 13.1. The van der Waals surface area contributed by atoms with Crippen LogP contribution in [0.25, 0.3) is 16.1 Å². The molecule has 0 aliphatic heterocycles. The fourth-order valence-corrected chi connectivity index (χ4v) is 3.15. The first-order valence-corrected chi connectivity index (χ1v) is 8.03. The average Bonchev–Trinajstić information content (AvgIpc) is 3.16. The summed E-state index contributed by atoms with van der Waals surface area (Å²) in [6.07, 6.45) is 1.61. The van der Waals surface area contributed by atoms with E-state index in [2.05, 4.69) is 4.98 Å². The van der Waals surface area contributed by atoms with Crippen molar-refractivity contribution in [3.8, 4) is 22.8 Å². The normalized spacial score (nSPS) is 10.8. The molecular weight excluding hydrogens is 326 g/mol. The third-order valence-electron chi connectivity index (χ3n) is 3.56. The maximum absolute atomic E-state index is 11.3. The predicted molar refractivity (Wildman–Crippen MR) is 91.7 cm³/mol. The lowest BCUT2D eigenvalue weighted by atomic mass is 10.1. The summed E-state index contributed by atoms with van der Waals surface area (Å²) >= 11 is 1.32. The Kier molecular flexibility index (Phi) is 3.47. The minimum absolute atomic E-state index is 0.000638. The molecule has 0 N–H and O–H groups in total. The molecule has 2 aromatic heterocycles. The minimum atomic E-state index is -0.486. The molecule has 4 rings (SSSR count). The predicted octanol–water partition coefficient (Wildman–Crippen LogP) is 4.76. The van der Waals surface area contributed by atoms with Gasteiger partial charge in [-0.3, -0.25) is 0 Å². The van der Waals surface area contributed by atoms with Crippen molar-refractivity contribution in [2.45, 2.75) is 0 Å². The second-order valence-corrected chi connectivity index (χ2v) is 5.92. The highest BCUT2D eigenvalue weighted by Gasteiger charge is 2.25. The molecule has 0 amide bonds. The third-order valence-corrected chi connectivity index (χ3v) is 4.31. The van der Waals surface area contributed by atoms with Crippen LogP contribution in [0.1, 0.15) is 0 Å². The first kappa shape index (κ1) is 14.4. The van der Waals surface area contributed by atoms with Gasteiger partial charge in [-0.05, 0) is 28.2 Å². The summed E-state index contributed by atoms with van der Waals surface area (Å²) in [5.74, 6) is 0.334. The Bertz CT molecular complexity index is 1010. The van der Waals surface area contributed by atoms with Gasteiger partial charge >= 0.3 is 11.7 Å². The lowest BCUT2D eigenvalue weighted by Gasteiger charge is -2.05. The first-order chi connectivity index (χ1) is 11.7. The van der Waals surface area contributed by atoms with Gasteiger partial charge in [-0.15, -0.1) is 0 Å². The standard InChI is InChI=1S/C17H11N3O3S/c21-20(22)16-15(18-17-19(16)10-11-24-17)23-14-8-6-13(7-9-14)12-4-2-1-3-5-12/h1-11H. The van der Waals surface area contributed by atoms with Gasteiger partial charge in [-0.1, -0.05) is 53.8 Å². The number of aromatic nitrogens is 2. The monoisotopic (exact) mass is 337 g/mol. The van der Waals surface area contributed by atoms with Crippen LogP contribution in [-0.2, 0) is 0 Å². The lowest BCUT2D eigenvalue weighted by Crippen LogP contribution is -1.95. The summed E-state index contributed by atoms with van der Waals surface area (Å²) < 4.78 is 7.05. The van der Waals surface area contributed by atoms with Crippen LogP contribution < -0.4 is 4.74 Å². The molecule has 0 saturated carbocycles. The second-order valence-electron chi connectivity index (χ2n) is 5.05. The van der Waals surface area contributed by atoms with Gasteiger partial charge in [0.1, 0.15) is 11.9 Å². The first-order valence-electron chi connectivity index (χ1n) is 7.15. The van der Waals surface area contributed by atoms with Crippen LogP contribution in [-0.4, -0.2) is 14.3 Å². The van der Waals surface area contributed by atoms with Gasteiger partial charge in [-0.2, -0.15) is 9.38 Å². The number of hydrogen-bond acceptors (Lipinski definition) is 5. The number of fused-ring (bicyclic) bond motifs is 1. The van der Waals surface area contributed by atoms with E-state index >= 15 is 0 Å². The molecule has 0 spiro atoms. The minimum Gasteiger partial charge on any atom is -0.433 e. The van der Waals surface area contributed by atoms with Crippen LogP contribution in [0.2, 0.25) is 0 Å². The van der Waals surface area contributed by atoms with E-state index < -0.39 is 4.92 Å². The lowest BCUT2D eigenvalue weighted by molar-refractivity contribution is -0.391. The number of hydrogen-bond donors (Lipinski definition) is 0. The molecule has 0 aliphatic rings. The van der Waals surface area contributed by atoms with Crippen molar-refractivity contribution in [3.63, 3.8) is 0 Å². The van der Waals surface area contributed by atoms with Gasteiger partial charge in [-0.25, -0.2) is 0 Å². The maximum Gasteiger partial charge on any atom is 0.393 e. The molecule has 118 valence electrons. The second kappa shape index (κ2) is 5.78. The third kappa shape index (κ3) is 2.50. The molecule has 0 radical (unpaired) electrons. The molecular formula is C17H11N3O3S. The van der Waals surface area contributed by atoms with Crippen LogP contribution in [0.15, 0.2) is 66.2 Å². The molecule has 7 heteroatoms. The number of imidazole rings is 1. The molecule has 4 aromatic rings. The Hall–Kier alpha value is -3.19. The van der Waals surface area contributed by atoms with Crippen molar-refractivity contribution >= 4 is 22.1 Å². The average molecular weight is 337 g/mol. The van der Waals surface area contributed by atoms with E-state index in [9.17, 15) is 10.1 Å². The summed E-state index contributed by atoms with van der Waals surface area (Å²) in [5.41, 5.74) is 2.14. The van der Waals surface area contributed by atoms with E-state index in [1.807, 2.05) is 42.5 Å². The fraction of sp³-hybridized carbons (Fsp3) is 0. The molecule has 0 bridgehead atoms. The summed E-state index contributed by atoms with van der Waals surface area (Å²) in [7, 11) is 0. The van der Waals surface area contributed by atoms with Crippen LogP contribution in [0.5, 0.6) is 11.6 Å². The number of nitro groups is 1. The van der Waals surface area contributed by atoms with Gasteiger partial charge in [0.15, 0.2) is 0 Å². The van der Waals surface area contributed by atoms with E-state index in [4.69, 9.17) is 4.74 Å². The molecule has 0 atom stereocenters. The Morgan fingerprint density at radius 1 is 1.04 bits per heavy atom. The molecule has 0 saturated heterocycles. The molecule has 2 aromatic carbocycles. The molecule has 0 aliphatic carbocycles. The highest BCUT2D eigenvalue weighted by molar-refractivity contribution is 7.15. The van der Waals surface area contributed by atoms with Crippen LogP contribution >= 0.6 is 11.3 Å². The van der Waals surface area contributed by atoms with Crippen molar-refractivity contribution < 1.29 is 9.66 Å². The number of benzene rings is 2. The number of ether oxygens (including phenoxy) is 1. The highest BCUT2D eigenvalue weighted by atomic mass is 32.1. The Morgan fingerprint density at radius 2 is 1.75 bits per heavy atom. The van der Waals surface area contributed by atoms with E-state index in [-0.39, 0.29) is 11.7 Å². The van der Waals surface area contributed by atoms with Crippen LogP contribution in [0, 0.1) is 10.1 Å². The van der Waals surface area contributed by atoms with Crippen molar-refractivity contribution in [2.75, 3.05) is 0 Å². The molecule has 6 nitrogen and oxygen atoms in total.